The minimum absolute atomic E-state index is 0.0349. The lowest BCUT2D eigenvalue weighted by Gasteiger charge is -2.11. The van der Waals surface area contributed by atoms with Crippen LogP contribution in [-0.2, 0) is 0 Å². The molecule has 0 saturated heterocycles. The summed E-state index contributed by atoms with van der Waals surface area (Å²) in [6, 6.07) is 20.2. The number of carbonyl (C=O) groups excluding carboxylic acids is 1. The second-order valence-corrected chi connectivity index (χ2v) is 6.09. The molecule has 0 radical (unpaired) electrons. The quantitative estimate of drug-likeness (QED) is 0.615. The Kier molecular flexibility index (Phi) is 3.89. The molecule has 26 heavy (non-hydrogen) atoms. The average molecular weight is 340 g/mol. The predicted molar refractivity (Wildman–Crippen MR) is 101 cm³/mol. The SMILES string of the molecule is Cc1ccc(-c2nc3nc(C(N)=O)ncc3cc2-c2ccccc2)cc1. The van der Waals surface area contributed by atoms with E-state index in [1.165, 1.54) is 5.56 Å². The molecule has 0 unspecified atom stereocenters. The molecule has 0 spiro atoms. The number of carbonyl (C=O) groups is 1. The molecule has 2 N–H and O–H groups in total. The lowest BCUT2D eigenvalue weighted by molar-refractivity contribution is 0.0990. The van der Waals surface area contributed by atoms with Crippen molar-refractivity contribution in [2.24, 2.45) is 5.73 Å². The lowest BCUT2D eigenvalue weighted by atomic mass is 9.98. The minimum Gasteiger partial charge on any atom is -0.363 e. The third-order valence-corrected chi connectivity index (χ3v) is 4.20. The van der Waals surface area contributed by atoms with Crippen molar-refractivity contribution < 1.29 is 4.79 Å². The molecule has 0 bridgehead atoms. The molecular formula is C21H16N4O. The first-order chi connectivity index (χ1) is 12.6. The molecule has 0 atom stereocenters. The predicted octanol–water partition coefficient (Wildman–Crippen LogP) is 3.77. The Morgan fingerprint density at radius 3 is 2.35 bits per heavy atom. The fourth-order valence-electron chi connectivity index (χ4n) is 2.85. The smallest absolute Gasteiger partial charge is 0.286 e. The molecule has 2 aromatic heterocycles. The first kappa shape index (κ1) is 15.9. The molecule has 5 heteroatoms. The molecular weight excluding hydrogens is 324 g/mol. The van der Waals surface area contributed by atoms with Gasteiger partial charge in [-0.2, -0.15) is 0 Å². The van der Waals surface area contributed by atoms with Gasteiger partial charge in [-0.05, 0) is 18.6 Å². The van der Waals surface area contributed by atoms with Crippen LogP contribution in [0.3, 0.4) is 0 Å². The number of pyridine rings is 1. The Labute approximate surface area is 150 Å². The molecule has 1 amide bonds. The lowest BCUT2D eigenvalue weighted by Crippen LogP contribution is -2.15. The fourth-order valence-corrected chi connectivity index (χ4v) is 2.85. The molecule has 126 valence electrons. The van der Waals surface area contributed by atoms with Crippen LogP contribution in [0.25, 0.3) is 33.4 Å². The summed E-state index contributed by atoms with van der Waals surface area (Å²) in [6.07, 6.45) is 1.58. The molecule has 0 saturated carbocycles. The Bertz CT molecular complexity index is 1110. The van der Waals surface area contributed by atoms with E-state index in [4.69, 9.17) is 10.7 Å². The van der Waals surface area contributed by atoms with E-state index < -0.39 is 5.91 Å². The van der Waals surface area contributed by atoms with Crippen molar-refractivity contribution in [2.45, 2.75) is 6.92 Å². The summed E-state index contributed by atoms with van der Waals surface area (Å²) < 4.78 is 0. The van der Waals surface area contributed by atoms with Gasteiger partial charge >= 0.3 is 0 Å². The van der Waals surface area contributed by atoms with Crippen LogP contribution in [0.15, 0.2) is 66.9 Å². The minimum atomic E-state index is -0.669. The van der Waals surface area contributed by atoms with Gasteiger partial charge in [-0.15, -0.1) is 0 Å². The zero-order chi connectivity index (χ0) is 18.1. The van der Waals surface area contributed by atoms with Gasteiger partial charge in [0.05, 0.1) is 5.69 Å². The van der Waals surface area contributed by atoms with Crippen LogP contribution in [-0.4, -0.2) is 20.9 Å². The molecule has 0 fully saturated rings. The van der Waals surface area contributed by atoms with Crippen LogP contribution in [0.2, 0.25) is 0 Å². The van der Waals surface area contributed by atoms with Gasteiger partial charge in [0.1, 0.15) is 0 Å². The number of fused-ring (bicyclic) bond motifs is 1. The number of aromatic nitrogens is 3. The van der Waals surface area contributed by atoms with Crippen molar-refractivity contribution in [1.82, 2.24) is 15.0 Å². The number of amides is 1. The zero-order valence-electron chi connectivity index (χ0n) is 14.2. The van der Waals surface area contributed by atoms with Gasteiger partial charge in [0.25, 0.3) is 5.91 Å². The fraction of sp³-hybridized carbons (Fsp3) is 0.0476. The molecule has 0 aliphatic carbocycles. The summed E-state index contributed by atoms with van der Waals surface area (Å²) in [4.78, 5) is 24.4. The maximum Gasteiger partial charge on any atom is 0.286 e. The van der Waals surface area contributed by atoms with E-state index in [0.29, 0.717) is 5.65 Å². The standard InChI is InChI=1S/C21H16N4O/c1-13-7-9-15(10-8-13)18-17(14-5-3-2-4-6-14)11-16-12-23-21(19(22)26)25-20(16)24-18/h2-12H,1H3,(H2,22,26). The van der Waals surface area contributed by atoms with Crippen molar-refractivity contribution in [1.29, 1.82) is 0 Å². The number of nitrogens with two attached hydrogens (primary N) is 1. The number of aryl methyl sites for hydroxylation is 1. The summed E-state index contributed by atoms with van der Waals surface area (Å²) in [5.74, 6) is -0.704. The number of rotatable bonds is 3. The Morgan fingerprint density at radius 2 is 1.65 bits per heavy atom. The van der Waals surface area contributed by atoms with Crippen LogP contribution in [0, 0.1) is 6.92 Å². The van der Waals surface area contributed by atoms with E-state index in [9.17, 15) is 4.79 Å². The van der Waals surface area contributed by atoms with Gasteiger partial charge in [-0.3, -0.25) is 4.79 Å². The van der Waals surface area contributed by atoms with Gasteiger partial charge in [-0.1, -0.05) is 60.2 Å². The normalized spacial score (nSPS) is 10.8. The van der Waals surface area contributed by atoms with Gasteiger partial charge in [0.15, 0.2) is 5.65 Å². The van der Waals surface area contributed by atoms with Gasteiger partial charge in [0.2, 0.25) is 5.82 Å². The Hall–Kier alpha value is -3.60. The van der Waals surface area contributed by atoms with Gasteiger partial charge in [0, 0.05) is 22.7 Å². The molecule has 0 aliphatic rings. The van der Waals surface area contributed by atoms with E-state index in [1.807, 2.05) is 67.6 Å². The van der Waals surface area contributed by atoms with Crippen LogP contribution >= 0.6 is 0 Å². The largest absolute Gasteiger partial charge is 0.363 e. The number of hydrogen-bond acceptors (Lipinski definition) is 4. The Balaban J connectivity index is 2.01. The maximum atomic E-state index is 11.4. The van der Waals surface area contributed by atoms with E-state index in [0.717, 1.165) is 27.8 Å². The van der Waals surface area contributed by atoms with Crippen LogP contribution < -0.4 is 5.73 Å². The number of primary amides is 1. The third kappa shape index (κ3) is 2.91. The molecule has 2 aromatic carbocycles. The topological polar surface area (TPSA) is 81.8 Å². The maximum absolute atomic E-state index is 11.4. The third-order valence-electron chi connectivity index (χ3n) is 4.20. The number of hydrogen-bond donors (Lipinski definition) is 1. The average Bonchev–Trinajstić information content (AvgIpc) is 2.68. The van der Waals surface area contributed by atoms with Crippen LogP contribution in [0.1, 0.15) is 16.2 Å². The van der Waals surface area contributed by atoms with E-state index in [2.05, 4.69) is 9.97 Å². The van der Waals surface area contributed by atoms with E-state index in [-0.39, 0.29) is 5.82 Å². The van der Waals surface area contributed by atoms with Crippen molar-refractivity contribution in [2.75, 3.05) is 0 Å². The first-order valence-corrected chi connectivity index (χ1v) is 8.22. The molecule has 0 aliphatic heterocycles. The molecule has 4 aromatic rings. The first-order valence-electron chi connectivity index (χ1n) is 8.22. The summed E-state index contributed by atoms with van der Waals surface area (Å²) in [7, 11) is 0. The van der Waals surface area contributed by atoms with Crippen molar-refractivity contribution in [3.8, 4) is 22.4 Å². The van der Waals surface area contributed by atoms with Crippen LogP contribution in [0.5, 0.6) is 0 Å². The highest BCUT2D eigenvalue weighted by molar-refractivity contribution is 5.93. The summed E-state index contributed by atoms with van der Waals surface area (Å²) in [5, 5.41) is 0.754. The second-order valence-electron chi connectivity index (χ2n) is 6.09. The Morgan fingerprint density at radius 1 is 0.923 bits per heavy atom. The molecule has 5 nitrogen and oxygen atoms in total. The highest BCUT2D eigenvalue weighted by Crippen LogP contribution is 2.32. The summed E-state index contributed by atoms with van der Waals surface area (Å²) >= 11 is 0. The van der Waals surface area contributed by atoms with Gasteiger partial charge in [-0.25, -0.2) is 15.0 Å². The van der Waals surface area contributed by atoms with Gasteiger partial charge < -0.3 is 5.73 Å². The van der Waals surface area contributed by atoms with E-state index in [1.54, 1.807) is 6.20 Å². The zero-order valence-corrected chi connectivity index (χ0v) is 14.2. The number of benzene rings is 2. The highest BCUT2D eigenvalue weighted by Gasteiger charge is 2.14. The van der Waals surface area contributed by atoms with Crippen molar-refractivity contribution in [3.05, 3.63) is 78.2 Å². The summed E-state index contributed by atoms with van der Waals surface area (Å²) in [6.45, 7) is 2.04. The summed E-state index contributed by atoms with van der Waals surface area (Å²) in [5.41, 5.74) is 10.7. The molecule has 4 rings (SSSR count). The monoisotopic (exact) mass is 340 g/mol. The van der Waals surface area contributed by atoms with Crippen molar-refractivity contribution >= 4 is 16.9 Å². The van der Waals surface area contributed by atoms with E-state index >= 15 is 0 Å². The highest BCUT2D eigenvalue weighted by atomic mass is 16.1. The molecule has 2 heterocycles. The van der Waals surface area contributed by atoms with Crippen LogP contribution in [0.4, 0.5) is 0 Å². The number of nitrogens with zero attached hydrogens (tertiary/aromatic N) is 3. The second kappa shape index (κ2) is 6.37. The van der Waals surface area contributed by atoms with Crippen molar-refractivity contribution in [3.63, 3.8) is 0 Å².